The number of unbranched alkanes of at least 4 members (excludes halogenated alkanes) is 1. The van der Waals surface area contributed by atoms with Crippen molar-refractivity contribution < 1.29 is 9.59 Å². The van der Waals surface area contributed by atoms with Crippen molar-refractivity contribution in [3.05, 3.63) is 59.7 Å². The third-order valence-corrected chi connectivity index (χ3v) is 4.57. The van der Waals surface area contributed by atoms with Gasteiger partial charge in [-0.25, -0.2) is 0 Å². The number of carbonyl (C=O) groups is 2. The average molecular weight is 351 g/mol. The lowest BCUT2D eigenvalue weighted by molar-refractivity contribution is -0.116. The molecule has 5 nitrogen and oxygen atoms in total. The number of amides is 2. The Balaban J connectivity index is 1.57. The van der Waals surface area contributed by atoms with E-state index in [1.54, 1.807) is 12.1 Å². The number of carbonyl (C=O) groups excluding carboxylic acids is 2. The Morgan fingerprint density at radius 2 is 1.96 bits per heavy atom. The molecule has 2 amide bonds. The van der Waals surface area contributed by atoms with E-state index in [1.165, 1.54) is 5.56 Å². The van der Waals surface area contributed by atoms with Crippen molar-refractivity contribution >= 4 is 23.2 Å². The Morgan fingerprint density at radius 3 is 2.81 bits per heavy atom. The van der Waals surface area contributed by atoms with Gasteiger partial charge >= 0.3 is 0 Å². The summed E-state index contributed by atoms with van der Waals surface area (Å²) in [5.41, 5.74) is 3.59. The maximum atomic E-state index is 12.6. The highest BCUT2D eigenvalue weighted by Gasteiger charge is 2.23. The minimum atomic E-state index is -0.0816. The van der Waals surface area contributed by atoms with Crippen LogP contribution in [0.2, 0.25) is 0 Å². The molecule has 5 heteroatoms. The molecule has 0 aromatic heterocycles. The van der Waals surface area contributed by atoms with Gasteiger partial charge in [0.05, 0.1) is 6.54 Å². The third kappa shape index (κ3) is 4.23. The summed E-state index contributed by atoms with van der Waals surface area (Å²) in [7, 11) is 0. The molecule has 1 aliphatic heterocycles. The van der Waals surface area contributed by atoms with Gasteiger partial charge in [-0.05, 0) is 42.7 Å². The fraction of sp³-hybridized carbons (Fsp3) is 0.333. The molecular formula is C21H25N3O2. The quantitative estimate of drug-likeness (QED) is 0.753. The van der Waals surface area contributed by atoms with Crippen LogP contribution in [0.4, 0.5) is 11.4 Å². The predicted molar refractivity (Wildman–Crippen MR) is 105 cm³/mol. The van der Waals surface area contributed by atoms with Crippen molar-refractivity contribution in [3.8, 4) is 0 Å². The fourth-order valence-electron chi connectivity index (χ4n) is 3.12. The number of nitrogens with one attached hydrogen (secondary N) is 2. The Hall–Kier alpha value is -2.82. The summed E-state index contributed by atoms with van der Waals surface area (Å²) in [5, 5.41) is 6.05. The maximum Gasteiger partial charge on any atom is 0.251 e. The molecule has 0 spiro atoms. The molecule has 0 bridgehead atoms. The molecule has 0 atom stereocenters. The van der Waals surface area contributed by atoms with E-state index in [0.717, 1.165) is 37.2 Å². The van der Waals surface area contributed by atoms with Crippen LogP contribution in [0.5, 0.6) is 0 Å². The highest BCUT2D eigenvalue weighted by molar-refractivity contribution is 5.98. The molecule has 2 aromatic carbocycles. The molecule has 2 aromatic rings. The van der Waals surface area contributed by atoms with Crippen molar-refractivity contribution in [2.75, 3.05) is 29.9 Å². The SMILES string of the molecule is CCCCNC(=O)c1cccc(NCC(=O)N2CCc3ccccc32)c1. The molecule has 0 saturated heterocycles. The van der Waals surface area contributed by atoms with Gasteiger partial charge in [0.15, 0.2) is 0 Å². The lowest BCUT2D eigenvalue weighted by atomic mass is 10.2. The first kappa shape index (κ1) is 18.0. The van der Waals surface area contributed by atoms with E-state index in [1.807, 2.05) is 35.2 Å². The Kier molecular flexibility index (Phi) is 5.89. The highest BCUT2D eigenvalue weighted by Crippen LogP contribution is 2.27. The molecule has 0 saturated carbocycles. The molecule has 2 N–H and O–H groups in total. The second-order valence-electron chi connectivity index (χ2n) is 6.47. The predicted octanol–water partition coefficient (Wildman–Crippen LogP) is 3.22. The number of benzene rings is 2. The molecule has 1 aliphatic rings. The average Bonchev–Trinajstić information content (AvgIpc) is 3.11. The zero-order valence-electron chi connectivity index (χ0n) is 15.1. The van der Waals surface area contributed by atoms with Crippen LogP contribution in [-0.2, 0) is 11.2 Å². The number of fused-ring (bicyclic) bond motifs is 1. The van der Waals surface area contributed by atoms with Gasteiger partial charge in [-0.15, -0.1) is 0 Å². The van der Waals surface area contributed by atoms with E-state index < -0.39 is 0 Å². The first-order valence-corrected chi connectivity index (χ1v) is 9.19. The van der Waals surface area contributed by atoms with Gasteiger partial charge in [-0.3, -0.25) is 9.59 Å². The molecule has 0 unspecified atom stereocenters. The summed E-state index contributed by atoms with van der Waals surface area (Å²) in [6.07, 6.45) is 2.91. The van der Waals surface area contributed by atoms with Gasteiger partial charge in [0.1, 0.15) is 0 Å². The van der Waals surface area contributed by atoms with E-state index in [2.05, 4.69) is 23.6 Å². The van der Waals surface area contributed by atoms with Gasteiger partial charge in [0.25, 0.3) is 5.91 Å². The van der Waals surface area contributed by atoms with Crippen molar-refractivity contribution in [2.45, 2.75) is 26.2 Å². The molecule has 1 heterocycles. The third-order valence-electron chi connectivity index (χ3n) is 4.57. The van der Waals surface area contributed by atoms with Crippen molar-refractivity contribution in [2.24, 2.45) is 0 Å². The van der Waals surface area contributed by atoms with Crippen molar-refractivity contribution in [1.82, 2.24) is 5.32 Å². The first-order valence-electron chi connectivity index (χ1n) is 9.19. The van der Waals surface area contributed by atoms with Crippen LogP contribution in [0.15, 0.2) is 48.5 Å². The summed E-state index contributed by atoms with van der Waals surface area (Å²) in [6, 6.07) is 15.3. The number of anilines is 2. The maximum absolute atomic E-state index is 12.6. The van der Waals surface area contributed by atoms with Crippen LogP contribution in [0, 0.1) is 0 Å². The summed E-state index contributed by atoms with van der Waals surface area (Å²) >= 11 is 0. The summed E-state index contributed by atoms with van der Waals surface area (Å²) in [6.45, 7) is 3.70. The summed E-state index contributed by atoms with van der Waals surface area (Å²) in [4.78, 5) is 26.5. The van der Waals surface area contributed by atoms with E-state index in [-0.39, 0.29) is 18.4 Å². The second kappa shape index (κ2) is 8.52. The Morgan fingerprint density at radius 1 is 1.12 bits per heavy atom. The van der Waals surface area contributed by atoms with E-state index in [4.69, 9.17) is 0 Å². The zero-order chi connectivity index (χ0) is 18.4. The summed E-state index contributed by atoms with van der Waals surface area (Å²) in [5.74, 6) is -0.0466. The van der Waals surface area contributed by atoms with Crippen LogP contribution < -0.4 is 15.5 Å². The van der Waals surface area contributed by atoms with Gasteiger partial charge in [0, 0.05) is 30.0 Å². The molecule has 0 aliphatic carbocycles. The van der Waals surface area contributed by atoms with Gasteiger partial charge in [-0.1, -0.05) is 37.6 Å². The van der Waals surface area contributed by atoms with E-state index in [9.17, 15) is 9.59 Å². The van der Waals surface area contributed by atoms with Crippen LogP contribution >= 0.6 is 0 Å². The molecule has 0 fully saturated rings. The fourth-order valence-corrected chi connectivity index (χ4v) is 3.12. The topological polar surface area (TPSA) is 61.4 Å². The van der Waals surface area contributed by atoms with Crippen LogP contribution in [0.3, 0.4) is 0 Å². The standard InChI is InChI=1S/C21H25N3O2/c1-2-3-12-22-21(26)17-8-6-9-18(14-17)23-15-20(25)24-13-11-16-7-4-5-10-19(16)24/h4-10,14,23H,2-3,11-13,15H2,1H3,(H,22,26). The van der Waals surface area contributed by atoms with Gasteiger partial charge in [0.2, 0.25) is 5.91 Å². The molecule has 3 rings (SSSR count). The normalized spacial score (nSPS) is 12.6. The number of nitrogens with zero attached hydrogens (tertiary/aromatic N) is 1. The Labute approximate surface area is 154 Å². The number of hydrogen-bond donors (Lipinski definition) is 2. The highest BCUT2D eigenvalue weighted by atomic mass is 16.2. The minimum Gasteiger partial charge on any atom is -0.376 e. The Bertz CT molecular complexity index is 788. The lowest BCUT2D eigenvalue weighted by Gasteiger charge is -2.18. The zero-order valence-corrected chi connectivity index (χ0v) is 15.1. The van der Waals surface area contributed by atoms with Gasteiger partial charge < -0.3 is 15.5 Å². The van der Waals surface area contributed by atoms with Crippen molar-refractivity contribution in [3.63, 3.8) is 0 Å². The van der Waals surface area contributed by atoms with Crippen LogP contribution in [0.1, 0.15) is 35.7 Å². The monoisotopic (exact) mass is 351 g/mol. The largest absolute Gasteiger partial charge is 0.376 e. The van der Waals surface area contributed by atoms with E-state index in [0.29, 0.717) is 12.1 Å². The van der Waals surface area contributed by atoms with Gasteiger partial charge in [-0.2, -0.15) is 0 Å². The number of rotatable bonds is 7. The number of para-hydroxylation sites is 1. The first-order chi connectivity index (χ1) is 12.7. The minimum absolute atomic E-state index is 0.0350. The smallest absolute Gasteiger partial charge is 0.251 e. The molecule has 136 valence electrons. The molecule has 26 heavy (non-hydrogen) atoms. The lowest BCUT2D eigenvalue weighted by Crippen LogP contribution is -2.34. The summed E-state index contributed by atoms with van der Waals surface area (Å²) < 4.78 is 0. The van der Waals surface area contributed by atoms with Crippen LogP contribution in [0.25, 0.3) is 0 Å². The second-order valence-corrected chi connectivity index (χ2v) is 6.47. The van der Waals surface area contributed by atoms with E-state index >= 15 is 0 Å². The van der Waals surface area contributed by atoms with Crippen LogP contribution in [-0.4, -0.2) is 31.4 Å². The van der Waals surface area contributed by atoms with Crippen molar-refractivity contribution in [1.29, 1.82) is 0 Å². The molecule has 0 radical (unpaired) electrons. The molecular weight excluding hydrogens is 326 g/mol. The number of hydrogen-bond acceptors (Lipinski definition) is 3.